The highest BCUT2D eigenvalue weighted by Crippen LogP contribution is 2.26. The summed E-state index contributed by atoms with van der Waals surface area (Å²) in [5.41, 5.74) is 0.982. The Balaban J connectivity index is 1.75. The predicted octanol–water partition coefficient (Wildman–Crippen LogP) is 3.08. The third-order valence-corrected chi connectivity index (χ3v) is 5.69. The van der Waals surface area contributed by atoms with Crippen molar-refractivity contribution in [1.82, 2.24) is 15.1 Å². The molecule has 0 unspecified atom stereocenters. The van der Waals surface area contributed by atoms with E-state index in [-0.39, 0.29) is 11.9 Å². The first-order valence-electron chi connectivity index (χ1n) is 7.95. The average Bonchev–Trinajstić information content (AvgIpc) is 3.05. The fourth-order valence-corrected chi connectivity index (χ4v) is 3.81. The Bertz CT molecular complexity index is 604. The summed E-state index contributed by atoms with van der Waals surface area (Å²) in [6.07, 6.45) is -0.380. The lowest BCUT2D eigenvalue weighted by atomic mass is 10.2. The van der Waals surface area contributed by atoms with Crippen LogP contribution in [-0.4, -0.2) is 51.7 Å². The maximum atomic E-state index is 12.9. The molecule has 0 aliphatic carbocycles. The monoisotopic (exact) mass is 370 g/mol. The molecule has 0 saturated carbocycles. The Hall–Kier alpha value is -1.22. The van der Waals surface area contributed by atoms with E-state index < -0.39 is 0 Å². The number of benzene rings is 1. The summed E-state index contributed by atoms with van der Waals surface area (Å²) in [5.74, 6) is 0.361. The van der Waals surface area contributed by atoms with Gasteiger partial charge in [-0.25, -0.2) is 4.39 Å². The van der Waals surface area contributed by atoms with Gasteiger partial charge in [-0.15, -0.1) is 10.2 Å². The number of halogens is 1. The number of rotatable bonds is 10. The lowest BCUT2D eigenvalue weighted by Crippen LogP contribution is -2.33. The molecule has 8 heteroatoms. The molecule has 2 rings (SSSR count). The highest BCUT2D eigenvalue weighted by atomic mass is 32.2. The number of nitrogens with one attached hydrogen (secondary N) is 1. The van der Waals surface area contributed by atoms with E-state index in [0.717, 1.165) is 28.1 Å². The van der Waals surface area contributed by atoms with Gasteiger partial charge in [-0.1, -0.05) is 49.1 Å². The van der Waals surface area contributed by atoms with Crippen molar-refractivity contribution < 1.29 is 9.50 Å². The van der Waals surface area contributed by atoms with Gasteiger partial charge in [0.2, 0.25) is 5.13 Å². The number of aliphatic hydroxyl groups is 1. The first-order chi connectivity index (χ1) is 11.6. The highest BCUT2D eigenvalue weighted by Gasteiger charge is 2.12. The summed E-state index contributed by atoms with van der Waals surface area (Å²) in [6.45, 7) is 7.31. The van der Waals surface area contributed by atoms with Crippen LogP contribution in [0.4, 0.5) is 9.52 Å². The summed E-state index contributed by atoms with van der Waals surface area (Å²) < 4.78 is 13.7. The van der Waals surface area contributed by atoms with Crippen LogP contribution in [-0.2, 0) is 6.54 Å². The van der Waals surface area contributed by atoms with Gasteiger partial charge in [0.1, 0.15) is 5.82 Å². The summed E-state index contributed by atoms with van der Waals surface area (Å²) in [5, 5.41) is 22.2. The van der Waals surface area contributed by atoms with Crippen LogP contribution in [0.3, 0.4) is 0 Å². The Kier molecular flexibility index (Phi) is 7.90. The minimum atomic E-state index is -0.380. The van der Waals surface area contributed by atoms with E-state index in [1.54, 1.807) is 12.1 Å². The fourth-order valence-electron chi connectivity index (χ4n) is 2.12. The van der Waals surface area contributed by atoms with Gasteiger partial charge in [0.15, 0.2) is 4.34 Å². The van der Waals surface area contributed by atoms with Gasteiger partial charge in [0, 0.05) is 18.8 Å². The van der Waals surface area contributed by atoms with Crippen LogP contribution < -0.4 is 5.32 Å². The van der Waals surface area contributed by atoms with E-state index in [9.17, 15) is 9.50 Å². The predicted molar refractivity (Wildman–Crippen MR) is 98.2 cm³/mol. The third kappa shape index (κ3) is 6.35. The first kappa shape index (κ1) is 19.1. The topological polar surface area (TPSA) is 61.3 Å². The van der Waals surface area contributed by atoms with E-state index in [1.807, 2.05) is 0 Å². The van der Waals surface area contributed by atoms with Gasteiger partial charge in [0.05, 0.1) is 6.10 Å². The fraction of sp³-hybridized carbons (Fsp3) is 0.500. The normalized spacial score (nSPS) is 12.5. The van der Waals surface area contributed by atoms with Crippen molar-refractivity contribution in [2.24, 2.45) is 0 Å². The van der Waals surface area contributed by atoms with Crippen molar-refractivity contribution in [3.05, 3.63) is 35.6 Å². The smallest absolute Gasteiger partial charge is 0.206 e. The van der Waals surface area contributed by atoms with Crippen LogP contribution in [0, 0.1) is 5.82 Å². The molecule has 5 nitrogen and oxygen atoms in total. The van der Waals surface area contributed by atoms with Crippen LogP contribution >= 0.6 is 23.1 Å². The van der Waals surface area contributed by atoms with Gasteiger partial charge in [-0.2, -0.15) is 0 Å². The number of likely N-dealkylation sites (N-methyl/N-ethyl adjacent to an activating group) is 1. The quantitative estimate of drug-likeness (QED) is 0.627. The zero-order chi connectivity index (χ0) is 17.4. The van der Waals surface area contributed by atoms with Gasteiger partial charge in [0.25, 0.3) is 0 Å². The molecule has 1 aromatic heterocycles. The molecule has 0 amide bonds. The molecule has 0 aliphatic rings. The Morgan fingerprint density at radius 2 is 1.96 bits per heavy atom. The van der Waals surface area contributed by atoms with E-state index in [2.05, 4.69) is 34.3 Å². The highest BCUT2D eigenvalue weighted by molar-refractivity contribution is 8.01. The lowest BCUT2D eigenvalue weighted by molar-refractivity contribution is 0.137. The van der Waals surface area contributed by atoms with E-state index in [4.69, 9.17) is 0 Å². The zero-order valence-electron chi connectivity index (χ0n) is 13.9. The van der Waals surface area contributed by atoms with Crippen LogP contribution in [0.1, 0.15) is 19.4 Å². The molecular weight excluding hydrogens is 347 g/mol. The lowest BCUT2D eigenvalue weighted by Gasteiger charge is -2.21. The largest absolute Gasteiger partial charge is 0.391 e. The molecule has 1 atom stereocenters. The number of aliphatic hydroxyl groups excluding tert-OH is 1. The van der Waals surface area contributed by atoms with Crippen molar-refractivity contribution in [2.45, 2.75) is 30.8 Å². The second-order valence-corrected chi connectivity index (χ2v) is 7.55. The van der Waals surface area contributed by atoms with Crippen LogP contribution in [0.5, 0.6) is 0 Å². The zero-order valence-corrected chi connectivity index (χ0v) is 15.5. The second-order valence-electron chi connectivity index (χ2n) is 5.30. The second kappa shape index (κ2) is 9.93. The summed E-state index contributed by atoms with van der Waals surface area (Å²) >= 11 is 2.97. The maximum absolute atomic E-state index is 12.9. The summed E-state index contributed by atoms with van der Waals surface area (Å²) in [7, 11) is 0. The van der Waals surface area contributed by atoms with Crippen LogP contribution in [0.25, 0.3) is 0 Å². The number of hydrogen-bond acceptors (Lipinski definition) is 7. The molecule has 2 N–H and O–H groups in total. The standard InChI is InChI=1S/C16H23FN4OS2/c1-3-21(4-2)10-14(22)11-23-16-20-19-15(24-16)18-9-12-5-7-13(17)8-6-12/h5-8,14,22H,3-4,9-11H2,1-2H3,(H,18,19)/t14-/m0/s1. The molecule has 1 aromatic carbocycles. The minimum absolute atomic E-state index is 0.239. The molecule has 1 heterocycles. The molecule has 0 saturated heterocycles. The molecule has 0 aliphatic heterocycles. The first-order valence-corrected chi connectivity index (χ1v) is 9.76. The van der Waals surface area contributed by atoms with Crippen LogP contribution in [0.2, 0.25) is 0 Å². The van der Waals surface area contributed by atoms with Gasteiger partial charge in [-0.05, 0) is 30.8 Å². The SMILES string of the molecule is CCN(CC)C[C@H](O)CSc1nnc(NCc2ccc(F)cc2)s1. The van der Waals surface area contributed by atoms with Crippen molar-refractivity contribution in [1.29, 1.82) is 0 Å². The number of aromatic nitrogens is 2. The molecule has 24 heavy (non-hydrogen) atoms. The van der Waals surface area contributed by atoms with Gasteiger partial charge < -0.3 is 15.3 Å². The molecule has 0 radical (unpaired) electrons. The van der Waals surface area contributed by atoms with Crippen molar-refractivity contribution in [3.63, 3.8) is 0 Å². The summed E-state index contributed by atoms with van der Waals surface area (Å²) in [6, 6.07) is 6.36. The minimum Gasteiger partial charge on any atom is -0.391 e. The molecule has 2 aromatic rings. The Morgan fingerprint density at radius 1 is 1.25 bits per heavy atom. The van der Waals surface area contributed by atoms with Crippen LogP contribution in [0.15, 0.2) is 28.6 Å². The number of nitrogens with zero attached hydrogens (tertiary/aromatic N) is 3. The van der Waals surface area contributed by atoms with Gasteiger partial charge in [-0.3, -0.25) is 0 Å². The number of thioether (sulfide) groups is 1. The third-order valence-electron chi connectivity index (χ3n) is 3.53. The average molecular weight is 371 g/mol. The van der Waals surface area contributed by atoms with E-state index in [0.29, 0.717) is 18.8 Å². The molecule has 132 valence electrons. The summed E-state index contributed by atoms with van der Waals surface area (Å²) in [4.78, 5) is 2.20. The van der Waals surface area contributed by atoms with E-state index >= 15 is 0 Å². The number of anilines is 1. The van der Waals surface area contributed by atoms with Crippen molar-refractivity contribution in [2.75, 3.05) is 30.7 Å². The van der Waals surface area contributed by atoms with Crippen molar-refractivity contribution in [3.8, 4) is 0 Å². The number of hydrogen-bond donors (Lipinski definition) is 2. The Morgan fingerprint density at radius 3 is 2.62 bits per heavy atom. The molecule has 0 bridgehead atoms. The van der Waals surface area contributed by atoms with E-state index in [1.165, 1.54) is 35.2 Å². The van der Waals surface area contributed by atoms with Gasteiger partial charge >= 0.3 is 0 Å². The van der Waals surface area contributed by atoms with Crippen molar-refractivity contribution >= 4 is 28.2 Å². The molecular formula is C16H23FN4OS2. The maximum Gasteiger partial charge on any atom is 0.206 e. The molecule has 0 spiro atoms. The Labute approximate surface area is 150 Å². The molecule has 0 fully saturated rings.